The van der Waals surface area contributed by atoms with Gasteiger partial charge in [-0.3, -0.25) is 0 Å². The summed E-state index contributed by atoms with van der Waals surface area (Å²) in [7, 11) is 0. The zero-order valence-corrected chi connectivity index (χ0v) is 6.63. The van der Waals surface area contributed by atoms with Gasteiger partial charge in [-0.1, -0.05) is 13.8 Å². The van der Waals surface area contributed by atoms with Crippen LogP contribution in [0.3, 0.4) is 0 Å². The van der Waals surface area contributed by atoms with Gasteiger partial charge in [0.05, 0.1) is 12.5 Å². The molecule has 10 heavy (non-hydrogen) atoms. The largest absolute Gasteiger partial charge is 0.473 e. The summed E-state index contributed by atoms with van der Waals surface area (Å²) in [5, 5.41) is 3.11. The Morgan fingerprint density at radius 2 is 1.60 bits per heavy atom. The predicted molar refractivity (Wildman–Crippen MR) is 42.9 cm³/mol. The lowest BCUT2D eigenvalue weighted by Crippen LogP contribution is -2.09. The van der Waals surface area contributed by atoms with Crippen molar-refractivity contribution < 1.29 is 4.42 Å². The Hall–Kier alpha value is -0.760. The average molecular weight is 141 g/mol. The number of hydrogen-bond acceptors (Lipinski definition) is 2. The minimum Gasteiger partial charge on any atom is -0.473 e. The van der Waals surface area contributed by atoms with Crippen molar-refractivity contribution in [3.05, 3.63) is 24.7 Å². The first kappa shape index (κ1) is 9.24. The van der Waals surface area contributed by atoms with E-state index in [2.05, 4.69) is 23.6 Å². The minimum atomic E-state index is 1.09. The molecule has 0 unspecified atom stereocenters. The van der Waals surface area contributed by atoms with Crippen LogP contribution in [0.4, 0.5) is 0 Å². The van der Waals surface area contributed by atoms with Crippen LogP contribution in [0.5, 0.6) is 0 Å². The van der Waals surface area contributed by atoms with Crippen LogP contribution >= 0.6 is 0 Å². The van der Waals surface area contributed by atoms with Crippen molar-refractivity contribution in [2.45, 2.75) is 13.8 Å². The van der Waals surface area contributed by atoms with Gasteiger partial charge in [0.15, 0.2) is 0 Å². The fraction of sp³-hybridized carbons (Fsp3) is 0.500. The van der Waals surface area contributed by atoms with Gasteiger partial charge in [-0.05, 0) is 25.2 Å². The molecule has 0 spiro atoms. The third-order valence-corrected chi connectivity index (χ3v) is 0.925. The molecule has 1 heterocycles. The van der Waals surface area contributed by atoms with E-state index in [0.717, 1.165) is 13.1 Å². The Bertz CT molecular complexity index is 95.6. The average Bonchev–Trinajstić information content (AvgIpc) is 2.44. The number of rotatable bonds is 2. The Labute approximate surface area is 62.2 Å². The van der Waals surface area contributed by atoms with Crippen LogP contribution in [0, 0.1) is 0 Å². The van der Waals surface area contributed by atoms with E-state index >= 15 is 0 Å². The summed E-state index contributed by atoms with van der Waals surface area (Å²) in [5.74, 6) is 0. The molecule has 58 valence electrons. The summed E-state index contributed by atoms with van der Waals surface area (Å²) in [6, 6.07) is 3.67. The molecule has 0 aliphatic heterocycles. The van der Waals surface area contributed by atoms with E-state index in [1.165, 1.54) is 0 Å². The molecule has 0 aromatic carbocycles. The second kappa shape index (κ2) is 8.24. The third-order valence-electron chi connectivity index (χ3n) is 0.925. The second-order valence-corrected chi connectivity index (χ2v) is 1.75. The van der Waals surface area contributed by atoms with Crippen molar-refractivity contribution in [2.75, 3.05) is 13.1 Å². The zero-order valence-electron chi connectivity index (χ0n) is 6.63. The van der Waals surface area contributed by atoms with E-state index < -0.39 is 0 Å². The maximum Gasteiger partial charge on any atom is 0.0902 e. The van der Waals surface area contributed by atoms with Gasteiger partial charge in [0.25, 0.3) is 0 Å². The highest BCUT2D eigenvalue weighted by molar-refractivity contribution is 4.79. The Kier molecular flexibility index (Phi) is 7.61. The molecule has 1 aromatic heterocycles. The molecule has 1 N–H and O–H groups in total. The molecule has 0 saturated carbocycles. The van der Waals surface area contributed by atoms with Crippen molar-refractivity contribution in [1.82, 2.24) is 5.32 Å². The third kappa shape index (κ3) is 7.24. The topological polar surface area (TPSA) is 25.2 Å². The van der Waals surface area contributed by atoms with Crippen LogP contribution in [0.2, 0.25) is 0 Å². The molecule has 2 heteroatoms. The van der Waals surface area contributed by atoms with Crippen molar-refractivity contribution in [2.24, 2.45) is 0 Å². The molecule has 0 saturated heterocycles. The fourth-order valence-corrected chi connectivity index (χ4v) is 0.477. The van der Waals surface area contributed by atoms with Crippen LogP contribution in [0.25, 0.3) is 0 Å². The van der Waals surface area contributed by atoms with Gasteiger partial charge in [-0.25, -0.2) is 0 Å². The van der Waals surface area contributed by atoms with Crippen LogP contribution in [0.15, 0.2) is 29.1 Å². The summed E-state index contributed by atoms with van der Waals surface area (Å²) in [6.45, 7) is 6.39. The molecule has 0 atom stereocenters. The summed E-state index contributed by atoms with van der Waals surface area (Å²) in [6.07, 6.45) is 3.25. The van der Waals surface area contributed by atoms with Gasteiger partial charge in [0.2, 0.25) is 0 Å². The molecular formula is C8H15NO. The SMILES string of the molecule is CCNCC.c1ccoc1. The molecule has 0 aliphatic rings. The fourth-order valence-electron chi connectivity index (χ4n) is 0.477. The lowest BCUT2D eigenvalue weighted by atomic mass is 10.7. The van der Waals surface area contributed by atoms with Crippen LogP contribution < -0.4 is 5.32 Å². The van der Waals surface area contributed by atoms with Gasteiger partial charge in [-0.15, -0.1) is 0 Å². The standard InChI is InChI=1S/C4H11N.C4H4O/c1-3-5-4-2;1-2-4-5-3-1/h5H,3-4H2,1-2H3;1-4H. The Morgan fingerprint density at radius 1 is 1.10 bits per heavy atom. The zero-order chi connectivity index (χ0) is 7.66. The minimum absolute atomic E-state index is 1.09. The van der Waals surface area contributed by atoms with Gasteiger partial charge < -0.3 is 9.73 Å². The van der Waals surface area contributed by atoms with E-state index in [1.54, 1.807) is 12.5 Å². The highest BCUT2D eigenvalue weighted by atomic mass is 16.3. The maximum absolute atomic E-state index is 4.58. The second-order valence-electron chi connectivity index (χ2n) is 1.75. The highest BCUT2D eigenvalue weighted by Crippen LogP contribution is 1.79. The smallest absolute Gasteiger partial charge is 0.0902 e. The summed E-state index contributed by atoms with van der Waals surface area (Å²) >= 11 is 0. The van der Waals surface area contributed by atoms with Crippen molar-refractivity contribution in [3.63, 3.8) is 0 Å². The lowest BCUT2D eigenvalue weighted by Gasteiger charge is -1.86. The van der Waals surface area contributed by atoms with Crippen LogP contribution in [-0.2, 0) is 0 Å². The molecular weight excluding hydrogens is 126 g/mol. The molecule has 0 amide bonds. The van der Waals surface area contributed by atoms with Gasteiger partial charge in [0, 0.05) is 0 Å². The molecule has 2 nitrogen and oxygen atoms in total. The summed E-state index contributed by atoms with van der Waals surface area (Å²) in [5.41, 5.74) is 0. The molecule has 0 fully saturated rings. The quantitative estimate of drug-likeness (QED) is 0.680. The van der Waals surface area contributed by atoms with Crippen molar-refractivity contribution >= 4 is 0 Å². The van der Waals surface area contributed by atoms with Gasteiger partial charge in [-0.2, -0.15) is 0 Å². The predicted octanol–water partition coefficient (Wildman–Crippen LogP) is 1.90. The first-order valence-corrected chi connectivity index (χ1v) is 3.59. The molecule has 1 aromatic rings. The molecule has 1 rings (SSSR count). The van der Waals surface area contributed by atoms with Crippen LogP contribution in [0.1, 0.15) is 13.8 Å². The van der Waals surface area contributed by atoms with Gasteiger partial charge in [0.1, 0.15) is 0 Å². The Morgan fingerprint density at radius 3 is 1.70 bits per heavy atom. The molecule has 0 radical (unpaired) electrons. The highest BCUT2D eigenvalue weighted by Gasteiger charge is 1.62. The molecule has 0 bridgehead atoms. The Balaban J connectivity index is 0.000000162. The first-order chi connectivity index (χ1) is 4.91. The van der Waals surface area contributed by atoms with E-state index in [-0.39, 0.29) is 0 Å². The van der Waals surface area contributed by atoms with Crippen LogP contribution in [-0.4, -0.2) is 13.1 Å². The number of nitrogens with one attached hydrogen (secondary N) is 1. The monoisotopic (exact) mass is 141 g/mol. The first-order valence-electron chi connectivity index (χ1n) is 3.59. The number of hydrogen-bond donors (Lipinski definition) is 1. The summed E-state index contributed by atoms with van der Waals surface area (Å²) in [4.78, 5) is 0. The van der Waals surface area contributed by atoms with E-state index in [0.29, 0.717) is 0 Å². The van der Waals surface area contributed by atoms with E-state index in [9.17, 15) is 0 Å². The normalized spacial score (nSPS) is 8.20. The lowest BCUT2D eigenvalue weighted by molar-refractivity contribution is 0.567. The van der Waals surface area contributed by atoms with Crippen molar-refractivity contribution in [1.29, 1.82) is 0 Å². The van der Waals surface area contributed by atoms with E-state index in [1.807, 2.05) is 12.1 Å². The van der Waals surface area contributed by atoms with Gasteiger partial charge >= 0.3 is 0 Å². The maximum atomic E-state index is 4.58. The van der Waals surface area contributed by atoms with Crippen molar-refractivity contribution in [3.8, 4) is 0 Å². The number of furan rings is 1. The molecule has 0 aliphatic carbocycles. The van der Waals surface area contributed by atoms with E-state index in [4.69, 9.17) is 0 Å². The summed E-state index contributed by atoms with van der Waals surface area (Å²) < 4.78 is 4.58.